The number of carbonyl (C=O) groups is 3. The van der Waals surface area contributed by atoms with Gasteiger partial charge in [0.15, 0.2) is 0 Å². The lowest BCUT2D eigenvalue weighted by Gasteiger charge is -2.30. The third-order valence-corrected chi connectivity index (χ3v) is 10.5. The summed E-state index contributed by atoms with van der Waals surface area (Å²) in [5, 5.41) is 2.13. The standard InChI is InChI=1S/C30H21BrF3N3O4S2/c1-15-5-11-19(12-6-15)35-21(38)14-36-28-25(43-29(36)41)22(16-7-9-18(31)10-8-16)23-24(42-28)27(40)37(26(23)39)20-4-2-3-17(13-20)30(32,33)34/h2-13,22-24H,14H2,1H3,(H,35,38). The number of imide groups is 1. The highest BCUT2D eigenvalue weighted by Crippen LogP contribution is 2.54. The first-order valence-corrected chi connectivity index (χ1v) is 15.5. The van der Waals surface area contributed by atoms with Crippen molar-refractivity contribution in [1.82, 2.24) is 4.57 Å². The highest BCUT2D eigenvalue weighted by Gasteiger charge is 2.57. The minimum atomic E-state index is -4.66. The molecule has 0 radical (unpaired) electrons. The Hall–Kier alpha value is -3.68. The maximum absolute atomic E-state index is 13.9. The molecular formula is C30H21BrF3N3O4S2. The zero-order valence-electron chi connectivity index (χ0n) is 22.2. The quantitative estimate of drug-likeness (QED) is 0.244. The number of anilines is 2. The first kappa shape index (κ1) is 29.4. The van der Waals surface area contributed by atoms with Gasteiger partial charge in [-0.15, -0.1) is 0 Å². The maximum Gasteiger partial charge on any atom is 0.416 e. The molecule has 13 heteroatoms. The lowest BCUT2D eigenvalue weighted by Crippen LogP contribution is -2.33. The molecule has 3 heterocycles. The number of thiazole rings is 1. The van der Waals surface area contributed by atoms with Gasteiger partial charge in [-0.2, -0.15) is 13.2 Å². The number of thioether (sulfide) groups is 1. The third kappa shape index (κ3) is 5.45. The number of amides is 3. The average molecular weight is 689 g/mol. The van der Waals surface area contributed by atoms with Gasteiger partial charge in [-0.25, -0.2) is 4.90 Å². The van der Waals surface area contributed by atoms with Crippen molar-refractivity contribution in [2.45, 2.75) is 35.8 Å². The third-order valence-electron chi connectivity index (χ3n) is 7.35. The molecule has 1 saturated heterocycles. The second-order valence-electron chi connectivity index (χ2n) is 10.2. The second kappa shape index (κ2) is 11.1. The van der Waals surface area contributed by atoms with Gasteiger partial charge in [0.05, 0.1) is 22.2 Å². The lowest BCUT2D eigenvalue weighted by atomic mass is 9.83. The van der Waals surface area contributed by atoms with Crippen molar-refractivity contribution < 1.29 is 27.6 Å². The first-order chi connectivity index (χ1) is 20.4. The summed E-state index contributed by atoms with van der Waals surface area (Å²) >= 11 is 5.28. The summed E-state index contributed by atoms with van der Waals surface area (Å²) in [5.41, 5.74) is 1.07. The van der Waals surface area contributed by atoms with Gasteiger partial charge in [0.25, 0.3) is 0 Å². The number of hydrogen-bond acceptors (Lipinski definition) is 6. The number of carbonyl (C=O) groups excluding carboxylic acids is 3. The Morgan fingerprint density at radius 1 is 0.977 bits per heavy atom. The van der Waals surface area contributed by atoms with E-state index < -0.39 is 51.4 Å². The van der Waals surface area contributed by atoms with Crippen molar-refractivity contribution in [2.75, 3.05) is 10.2 Å². The van der Waals surface area contributed by atoms with Gasteiger partial charge in [-0.3, -0.25) is 23.7 Å². The molecule has 3 aromatic carbocycles. The molecule has 2 aliphatic heterocycles. The summed E-state index contributed by atoms with van der Waals surface area (Å²) in [5.74, 6) is -3.49. The number of rotatable bonds is 5. The molecule has 6 rings (SSSR count). The van der Waals surface area contributed by atoms with E-state index in [1.54, 1.807) is 36.4 Å². The summed E-state index contributed by atoms with van der Waals surface area (Å²) in [6.45, 7) is 1.59. The molecule has 3 amide bonds. The van der Waals surface area contributed by atoms with Crippen LogP contribution in [0, 0.1) is 12.8 Å². The summed E-state index contributed by atoms with van der Waals surface area (Å²) in [7, 11) is 0. The number of fused-ring (bicyclic) bond motifs is 2. The molecule has 43 heavy (non-hydrogen) atoms. The average Bonchev–Trinajstić information content (AvgIpc) is 3.40. The monoisotopic (exact) mass is 687 g/mol. The van der Waals surface area contributed by atoms with E-state index in [1.165, 1.54) is 10.6 Å². The number of nitrogens with zero attached hydrogens (tertiary/aromatic N) is 2. The summed E-state index contributed by atoms with van der Waals surface area (Å²) in [6.07, 6.45) is -4.66. The summed E-state index contributed by atoms with van der Waals surface area (Å²) in [6, 6.07) is 18.4. The molecule has 0 aliphatic carbocycles. The van der Waals surface area contributed by atoms with Gasteiger partial charge in [0.1, 0.15) is 11.8 Å². The van der Waals surface area contributed by atoms with Crippen LogP contribution in [0.4, 0.5) is 24.5 Å². The molecule has 2 aliphatic rings. The van der Waals surface area contributed by atoms with Crippen LogP contribution in [0.3, 0.4) is 0 Å². The van der Waals surface area contributed by atoms with Crippen LogP contribution in [-0.2, 0) is 27.1 Å². The van der Waals surface area contributed by atoms with Gasteiger partial charge in [-0.05, 0) is 55.0 Å². The van der Waals surface area contributed by atoms with Crippen molar-refractivity contribution in [3.8, 4) is 0 Å². The number of halogens is 4. The maximum atomic E-state index is 13.9. The number of alkyl halides is 3. The van der Waals surface area contributed by atoms with E-state index in [4.69, 9.17) is 0 Å². The van der Waals surface area contributed by atoms with Crippen molar-refractivity contribution in [1.29, 1.82) is 0 Å². The lowest BCUT2D eigenvalue weighted by molar-refractivity contribution is -0.137. The molecule has 3 atom stereocenters. The van der Waals surface area contributed by atoms with Crippen LogP contribution < -0.4 is 15.1 Å². The zero-order chi connectivity index (χ0) is 30.6. The van der Waals surface area contributed by atoms with Crippen molar-refractivity contribution >= 4 is 68.1 Å². The fourth-order valence-electron chi connectivity index (χ4n) is 5.34. The molecule has 4 aromatic rings. The van der Waals surface area contributed by atoms with Gasteiger partial charge < -0.3 is 5.32 Å². The first-order valence-electron chi connectivity index (χ1n) is 13.0. The topological polar surface area (TPSA) is 88.5 Å². The van der Waals surface area contributed by atoms with Crippen LogP contribution in [0.1, 0.15) is 27.5 Å². The SMILES string of the molecule is Cc1ccc(NC(=O)Cn2c3c(sc2=O)C(c2ccc(Br)cc2)C2C(=O)N(c4cccc(C(F)(F)F)c4)C(=O)C2S3)cc1. The molecule has 0 bridgehead atoms. The molecule has 1 aromatic heterocycles. The van der Waals surface area contributed by atoms with E-state index in [1.807, 2.05) is 19.1 Å². The Bertz CT molecular complexity index is 1820. The molecule has 220 valence electrons. The number of hydrogen-bond donors (Lipinski definition) is 1. The van der Waals surface area contributed by atoms with E-state index in [-0.39, 0.29) is 12.2 Å². The van der Waals surface area contributed by atoms with Crippen LogP contribution in [0.2, 0.25) is 0 Å². The van der Waals surface area contributed by atoms with Gasteiger partial charge in [-0.1, -0.05) is 74.9 Å². The van der Waals surface area contributed by atoms with E-state index in [2.05, 4.69) is 21.2 Å². The van der Waals surface area contributed by atoms with Crippen LogP contribution >= 0.6 is 39.0 Å². The normalized spacial score (nSPS) is 19.7. The van der Waals surface area contributed by atoms with Gasteiger partial charge in [0, 0.05) is 21.0 Å². The smallest absolute Gasteiger partial charge is 0.325 e. The van der Waals surface area contributed by atoms with E-state index in [0.29, 0.717) is 21.2 Å². The van der Waals surface area contributed by atoms with Gasteiger partial charge >= 0.3 is 11.0 Å². The van der Waals surface area contributed by atoms with Crippen LogP contribution in [0.15, 0.2) is 87.1 Å². The fourth-order valence-corrected chi connectivity index (χ4v) is 8.38. The minimum absolute atomic E-state index is 0.174. The molecule has 0 spiro atoms. The Balaban J connectivity index is 1.40. The number of aromatic nitrogens is 1. The second-order valence-corrected chi connectivity index (χ2v) is 13.2. The highest BCUT2D eigenvalue weighted by atomic mass is 79.9. The van der Waals surface area contributed by atoms with Crippen molar-refractivity contribution in [3.63, 3.8) is 0 Å². The molecule has 3 unspecified atom stereocenters. The van der Waals surface area contributed by atoms with Crippen LogP contribution in [0.5, 0.6) is 0 Å². The Morgan fingerprint density at radius 3 is 2.35 bits per heavy atom. The Morgan fingerprint density at radius 2 is 1.67 bits per heavy atom. The van der Waals surface area contributed by atoms with Crippen molar-refractivity contribution in [2.24, 2.45) is 5.92 Å². The van der Waals surface area contributed by atoms with Crippen LogP contribution in [-0.4, -0.2) is 27.5 Å². The van der Waals surface area contributed by atoms with Crippen LogP contribution in [0.25, 0.3) is 0 Å². The predicted octanol–water partition coefficient (Wildman–Crippen LogP) is 6.43. The minimum Gasteiger partial charge on any atom is -0.325 e. The number of nitrogens with one attached hydrogen (secondary N) is 1. The zero-order valence-corrected chi connectivity index (χ0v) is 25.4. The highest BCUT2D eigenvalue weighted by molar-refractivity contribution is 9.10. The molecule has 7 nitrogen and oxygen atoms in total. The van der Waals surface area contributed by atoms with E-state index in [0.717, 1.165) is 56.2 Å². The molecule has 0 saturated carbocycles. The van der Waals surface area contributed by atoms with Crippen molar-refractivity contribution in [3.05, 3.63) is 109 Å². The number of benzene rings is 3. The largest absolute Gasteiger partial charge is 0.416 e. The van der Waals surface area contributed by atoms with E-state index >= 15 is 0 Å². The number of aryl methyl sites for hydroxylation is 1. The Kier molecular flexibility index (Phi) is 7.59. The Labute approximate surface area is 259 Å². The van der Waals surface area contributed by atoms with E-state index in [9.17, 15) is 32.3 Å². The molecular weight excluding hydrogens is 667 g/mol. The fraction of sp³-hybridized carbons (Fsp3) is 0.200. The predicted molar refractivity (Wildman–Crippen MR) is 161 cm³/mol. The summed E-state index contributed by atoms with van der Waals surface area (Å²) in [4.78, 5) is 54.9. The summed E-state index contributed by atoms with van der Waals surface area (Å²) < 4.78 is 42.5. The van der Waals surface area contributed by atoms with Gasteiger partial charge in [0.2, 0.25) is 17.7 Å². The molecule has 1 N–H and O–H groups in total. The molecule has 1 fully saturated rings.